The summed E-state index contributed by atoms with van der Waals surface area (Å²) in [7, 11) is 1.60. The van der Waals surface area contributed by atoms with Crippen molar-refractivity contribution in [2.24, 2.45) is 0 Å². The van der Waals surface area contributed by atoms with Gasteiger partial charge in [-0.3, -0.25) is 9.59 Å². The molecule has 0 aliphatic heterocycles. The van der Waals surface area contributed by atoms with E-state index in [0.717, 1.165) is 37.0 Å². The maximum Gasteiger partial charge on any atom is 0.261 e. The molecule has 1 aliphatic rings. The van der Waals surface area contributed by atoms with Gasteiger partial charge >= 0.3 is 0 Å². The maximum atomic E-state index is 13.1. The molecule has 1 aliphatic carbocycles. The molecule has 0 heterocycles. The van der Waals surface area contributed by atoms with Gasteiger partial charge in [-0.15, -0.1) is 0 Å². The third-order valence-electron chi connectivity index (χ3n) is 5.74. The van der Waals surface area contributed by atoms with Crippen molar-refractivity contribution in [3.8, 4) is 11.5 Å². The Kier molecular flexibility index (Phi) is 8.33. The normalized spacial score (nSPS) is 15.0. The third-order valence-corrected chi connectivity index (χ3v) is 5.74. The summed E-state index contributed by atoms with van der Waals surface area (Å²) in [6.45, 7) is 2.00. The highest BCUT2D eigenvalue weighted by molar-refractivity contribution is 5.88. The first-order valence-corrected chi connectivity index (χ1v) is 11.0. The number of nitrogens with one attached hydrogen (secondary N) is 1. The number of nitrogens with zero attached hydrogens (tertiary/aromatic N) is 1. The zero-order valence-electron chi connectivity index (χ0n) is 18.4. The van der Waals surface area contributed by atoms with Crippen LogP contribution in [-0.4, -0.2) is 42.5 Å². The van der Waals surface area contributed by atoms with E-state index in [0.29, 0.717) is 12.3 Å². The van der Waals surface area contributed by atoms with Gasteiger partial charge in [-0.25, -0.2) is 0 Å². The van der Waals surface area contributed by atoms with Gasteiger partial charge in [0.2, 0.25) is 5.91 Å². The van der Waals surface area contributed by atoms with Crippen molar-refractivity contribution in [2.45, 2.75) is 57.7 Å². The lowest BCUT2D eigenvalue weighted by Crippen LogP contribution is -2.51. The Morgan fingerprint density at radius 3 is 2.29 bits per heavy atom. The Labute approximate surface area is 184 Å². The van der Waals surface area contributed by atoms with Crippen molar-refractivity contribution in [3.63, 3.8) is 0 Å². The lowest BCUT2D eigenvalue weighted by atomic mass is 9.95. The van der Waals surface area contributed by atoms with Crippen molar-refractivity contribution in [3.05, 3.63) is 60.2 Å². The molecule has 166 valence electrons. The van der Waals surface area contributed by atoms with Gasteiger partial charge in [0, 0.05) is 12.6 Å². The second-order valence-corrected chi connectivity index (χ2v) is 7.99. The van der Waals surface area contributed by atoms with Crippen LogP contribution < -0.4 is 14.8 Å². The monoisotopic (exact) mass is 424 g/mol. The standard InChI is InChI=1S/C25H32N2O4/c1-19(25(29)26-21-11-7-4-8-12-21)27(17-20-9-5-3-6-10-20)24(28)18-31-23-15-13-22(30-2)14-16-23/h3,5-6,9-10,13-16,19,21H,4,7-8,11-12,17-18H2,1-2H3,(H,26,29). The van der Waals surface area contributed by atoms with Crippen LogP contribution in [0.5, 0.6) is 11.5 Å². The predicted molar refractivity (Wildman–Crippen MR) is 120 cm³/mol. The summed E-state index contributed by atoms with van der Waals surface area (Å²) in [4.78, 5) is 27.6. The minimum absolute atomic E-state index is 0.111. The summed E-state index contributed by atoms with van der Waals surface area (Å²) in [6.07, 6.45) is 5.52. The van der Waals surface area contributed by atoms with Crippen molar-refractivity contribution in [2.75, 3.05) is 13.7 Å². The molecule has 6 nitrogen and oxygen atoms in total. The number of hydrogen-bond donors (Lipinski definition) is 1. The van der Waals surface area contributed by atoms with Crippen molar-refractivity contribution in [1.29, 1.82) is 0 Å². The van der Waals surface area contributed by atoms with Crippen LogP contribution in [0.1, 0.15) is 44.6 Å². The summed E-state index contributed by atoms with van der Waals surface area (Å²) < 4.78 is 10.8. The second-order valence-electron chi connectivity index (χ2n) is 7.99. The summed E-state index contributed by atoms with van der Waals surface area (Å²) in [5, 5.41) is 3.14. The number of hydrogen-bond acceptors (Lipinski definition) is 4. The first kappa shape index (κ1) is 22.7. The number of amides is 2. The fourth-order valence-corrected chi connectivity index (χ4v) is 3.83. The minimum atomic E-state index is -0.589. The van der Waals surface area contributed by atoms with Gasteiger partial charge in [-0.1, -0.05) is 49.6 Å². The maximum absolute atomic E-state index is 13.1. The van der Waals surface area contributed by atoms with Gasteiger partial charge < -0.3 is 19.7 Å². The molecule has 2 amide bonds. The lowest BCUT2D eigenvalue weighted by Gasteiger charge is -2.31. The summed E-state index contributed by atoms with van der Waals surface area (Å²) >= 11 is 0. The number of rotatable bonds is 9. The highest BCUT2D eigenvalue weighted by Gasteiger charge is 2.28. The van der Waals surface area contributed by atoms with Gasteiger partial charge in [0.1, 0.15) is 17.5 Å². The number of methoxy groups -OCH3 is 1. The van der Waals surface area contributed by atoms with E-state index >= 15 is 0 Å². The largest absolute Gasteiger partial charge is 0.497 e. The fraction of sp³-hybridized carbons (Fsp3) is 0.440. The fourth-order valence-electron chi connectivity index (χ4n) is 3.83. The molecule has 1 N–H and O–H groups in total. The Morgan fingerprint density at radius 1 is 1.00 bits per heavy atom. The summed E-state index contributed by atoms with van der Waals surface area (Å²) in [6, 6.07) is 16.4. The van der Waals surface area contributed by atoms with Gasteiger partial charge in [0.15, 0.2) is 6.61 Å². The van der Waals surface area contributed by atoms with Crippen LogP contribution in [0.2, 0.25) is 0 Å². The second kappa shape index (κ2) is 11.4. The minimum Gasteiger partial charge on any atom is -0.497 e. The molecule has 0 spiro atoms. The Bertz CT molecular complexity index is 832. The highest BCUT2D eigenvalue weighted by atomic mass is 16.5. The van der Waals surface area contributed by atoms with Crippen LogP contribution in [-0.2, 0) is 16.1 Å². The van der Waals surface area contributed by atoms with Crippen LogP contribution in [0.15, 0.2) is 54.6 Å². The van der Waals surface area contributed by atoms with Crippen LogP contribution >= 0.6 is 0 Å². The Hall–Kier alpha value is -3.02. The van der Waals surface area contributed by atoms with E-state index in [1.807, 2.05) is 30.3 Å². The molecule has 0 aromatic heterocycles. The summed E-state index contributed by atoms with van der Waals surface area (Å²) in [5.41, 5.74) is 0.970. The SMILES string of the molecule is COc1ccc(OCC(=O)N(Cc2ccccc2)C(C)C(=O)NC2CCCCC2)cc1. The molecule has 0 bridgehead atoms. The van der Waals surface area contributed by atoms with Gasteiger partial charge in [-0.2, -0.15) is 0 Å². The average Bonchev–Trinajstić information content (AvgIpc) is 2.82. The number of carbonyl (C=O) groups excluding carboxylic acids is 2. The zero-order chi connectivity index (χ0) is 22.1. The molecule has 0 radical (unpaired) electrons. The van der Waals surface area contributed by atoms with Crippen molar-refractivity contribution < 1.29 is 19.1 Å². The molecule has 1 atom stereocenters. The quantitative estimate of drug-likeness (QED) is 0.662. The van der Waals surface area contributed by atoms with Crippen LogP contribution in [0.4, 0.5) is 0 Å². The number of carbonyl (C=O) groups is 2. The molecule has 31 heavy (non-hydrogen) atoms. The van der Waals surface area contributed by atoms with Crippen LogP contribution in [0.3, 0.4) is 0 Å². The van der Waals surface area contributed by atoms with E-state index in [1.165, 1.54) is 6.42 Å². The zero-order valence-corrected chi connectivity index (χ0v) is 18.4. The van der Waals surface area contributed by atoms with Crippen molar-refractivity contribution in [1.82, 2.24) is 10.2 Å². The van der Waals surface area contributed by atoms with E-state index < -0.39 is 6.04 Å². The molecular weight excluding hydrogens is 392 g/mol. The first-order chi connectivity index (χ1) is 15.1. The van der Waals surface area contributed by atoms with E-state index in [9.17, 15) is 9.59 Å². The van der Waals surface area contributed by atoms with Gasteiger partial charge in [-0.05, 0) is 49.6 Å². The number of ether oxygens (including phenoxy) is 2. The molecule has 2 aromatic carbocycles. The lowest BCUT2D eigenvalue weighted by molar-refractivity contribution is -0.142. The smallest absolute Gasteiger partial charge is 0.261 e. The molecule has 2 aromatic rings. The first-order valence-electron chi connectivity index (χ1n) is 11.0. The topological polar surface area (TPSA) is 67.9 Å². The molecular formula is C25H32N2O4. The molecule has 1 unspecified atom stereocenters. The Balaban J connectivity index is 1.66. The van der Waals surface area contributed by atoms with Gasteiger partial charge in [0.05, 0.1) is 7.11 Å². The van der Waals surface area contributed by atoms with Gasteiger partial charge in [0.25, 0.3) is 5.91 Å². The molecule has 0 saturated heterocycles. The van der Waals surface area contributed by atoms with E-state index in [2.05, 4.69) is 5.32 Å². The third kappa shape index (κ3) is 6.74. The Morgan fingerprint density at radius 2 is 1.65 bits per heavy atom. The predicted octanol–water partition coefficient (Wildman–Crippen LogP) is 3.94. The molecule has 1 fully saturated rings. The highest BCUT2D eigenvalue weighted by Crippen LogP contribution is 2.19. The molecule has 6 heteroatoms. The van der Waals surface area contributed by atoms with Crippen LogP contribution in [0, 0.1) is 0 Å². The van der Waals surface area contributed by atoms with E-state index in [4.69, 9.17) is 9.47 Å². The summed E-state index contributed by atoms with van der Waals surface area (Å²) in [5.74, 6) is 0.956. The van der Waals surface area contributed by atoms with Crippen molar-refractivity contribution >= 4 is 11.8 Å². The van der Waals surface area contributed by atoms with E-state index in [1.54, 1.807) is 43.2 Å². The molecule has 3 rings (SSSR count). The molecule has 1 saturated carbocycles. The number of benzene rings is 2. The van der Waals surface area contributed by atoms with E-state index in [-0.39, 0.29) is 24.5 Å². The average molecular weight is 425 g/mol. The van der Waals surface area contributed by atoms with Crippen LogP contribution in [0.25, 0.3) is 0 Å².